The van der Waals surface area contributed by atoms with Crippen LogP contribution in [0.4, 0.5) is 0 Å². The first-order valence-corrected chi connectivity index (χ1v) is 10.6. The Labute approximate surface area is 187 Å². The third kappa shape index (κ3) is 4.00. The number of rotatable bonds is 5. The van der Waals surface area contributed by atoms with Gasteiger partial charge in [0.25, 0.3) is 0 Å². The standard InChI is InChI=1S/C26H17BrN2O2/c27-21-9-6-8-18(15-21)23(30)14-13-20-17-29(22-10-2-1-3-11-22)28-26(20)25-16-19-7-4-5-12-24(19)31-25/h1-17H. The van der Waals surface area contributed by atoms with Crippen molar-refractivity contribution in [2.45, 2.75) is 0 Å². The van der Waals surface area contributed by atoms with Gasteiger partial charge in [0.1, 0.15) is 11.3 Å². The van der Waals surface area contributed by atoms with Crippen LogP contribution in [0.3, 0.4) is 0 Å². The molecule has 2 aromatic heterocycles. The van der Waals surface area contributed by atoms with Gasteiger partial charge in [-0.1, -0.05) is 64.5 Å². The summed E-state index contributed by atoms with van der Waals surface area (Å²) in [4.78, 5) is 12.7. The SMILES string of the molecule is O=C(C=Cc1cn(-c2ccccc2)nc1-c1cc2ccccc2o1)c1cccc(Br)c1. The fourth-order valence-corrected chi connectivity index (χ4v) is 3.81. The highest BCUT2D eigenvalue weighted by Crippen LogP contribution is 2.30. The molecule has 0 N–H and O–H groups in total. The summed E-state index contributed by atoms with van der Waals surface area (Å²) in [5, 5.41) is 5.77. The summed E-state index contributed by atoms with van der Waals surface area (Å²) in [6.07, 6.45) is 5.26. The molecule has 0 aliphatic rings. The van der Waals surface area contributed by atoms with Gasteiger partial charge in [-0.05, 0) is 48.6 Å². The van der Waals surface area contributed by atoms with Gasteiger partial charge in [0.15, 0.2) is 11.5 Å². The van der Waals surface area contributed by atoms with Crippen LogP contribution >= 0.6 is 15.9 Å². The maximum atomic E-state index is 12.7. The zero-order valence-electron chi connectivity index (χ0n) is 16.4. The quantitative estimate of drug-likeness (QED) is 0.207. The Morgan fingerprint density at radius 1 is 0.935 bits per heavy atom. The van der Waals surface area contributed by atoms with E-state index in [1.807, 2.05) is 79.0 Å². The number of hydrogen-bond donors (Lipinski definition) is 0. The molecule has 0 saturated heterocycles. The largest absolute Gasteiger partial charge is 0.454 e. The summed E-state index contributed by atoms with van der Waals surface area (Å²) in [7, 11) is 0. The van der Waals surface area contributed by atoms with E-state index in [4.69, 9.17) is 9.52 Å². The van der Waals surface area contributed by atoms with Crippen molar-refractivity contribution in [2.24, 2.45) is 0 Å². The van der Waals surface area contributed by atoms with Crippen molar-refractivity contribution in [1.29, 1.82) is 0 Å². The van der Waals surface area contributed by atoms with Crippen molar-refractivity contribution in [2.75, 3.05) is 0 Å². The summed E-state index contributed by atoms with van der Waals surface area (Å²) in [6.45, 7) is 0. The zero-order valence-corrected chi connectivity index (χ0v) is 18.0. The average molecular weight is 469 g/mol. The smallest absolute Gasteiger partial charge is 0.185 e. The van der Waals surface area contributed by atoms with Crippen LogP contribution in [0.25, 0.3) is 34.2 Å². The molecule has 4 nitrogen and oxygen atoms in total. The Kier molecular flexibility index (Phi) is 5.10. The van der Waals surface area contributed by atoms with E-state index in [1.165, 1.54) is 0 Å². The van der Waals surface area contributed by atoms with Crippen LogP contribution in [-0.2, 0) is 0 Å². The molecule has 0 aliphatic heterocycles. The average Bonchev–Trinajstić information content (AvgIpc) is 3.42. The second-order valence-electron chi connectivity index (χ2n) is 7.07. The summed E-state index contributed by atoms with van der Waals surface area (Å²) < 4.78 is 8.71. The minimum Gasteiger partial charge on any atom is -0.454 e. The molecule has 0 unspecified atom stereocenters. The molecule has 0 aliphatic carbocycles. The molecule has 0 amide bonds. The van der Waals surface area contributed by atoms with Crippen LogP contribution in [0, 0.1) is 0 Å². The summed E-state index contributed by atoms with van der Waals surface area (Å²) in [5.74, 6) is 0.578. The minimum absolute atomic E-state index is 0.0793. The molecule has 5 aromatic rings. The number of carbonyl (C=O) groups excluding carboxylic acids is 1. The van der Waals surface area contributed by atoms with Crippen LogP contribution in [0.2, 0.25) is 0 Å². The molecule has 0 spiro atoms. The molecule has 0 radical (unpaired) electrons. The number of aromatic nitrogens is 2. The molecule has 2 heterocycles. The lowest BCUT2D eigenvalue weighted by molar-refractivity contribution is 0.104. The highest BCUT2D eigenvalue weighted by atomic mass is 79.9. The van der Waals surface area contributed by atoms with Gasteiger partial charge in [-0.25, -0.2) is 4.68 Å². The van der Waals surface area contributed by atoms with Gasteiger partial charge >= 0.3 is 0 Å². The molecule has 0 saturated carbocycles. The number of benzene rings is 3. The van der Waals surface area contributed by atoms with E-state index < -0.39 is 0 Å². The minimum atomic E-state index is -0.0793. The van der Waals surface area contributed by atoms with Crippen LogP contribution in [-0.4, -0.2) is 15.6 Å². The lowest BCUT2D eigenvalue weighted by atomic mass is 10.1. The van der Waals surface area contributed by atoms with Gasteiger partial charge in [0, 0.05) is 27.2 Å². The normalized spacial score (nSPS) is 11.4. The summed E-state index contributed by atoms with van der Waals surface area (Å²) in [5.41, 5.74) is 3.82. The molecule has 3 aromatic carbocycles. The molecule has 31 heavy (non-hydrogen) atoms. The van der Waals surface area contributed by atoms with Crippen molar-refractivity contribution in [3.8, 4) is 17.1 Å². The zero-order chi connectivity index (χ0) is 21.2. The van der Waals surface area contributed by atoms with Crippen molar-refractivity contribution in [3.63, 3.8) is 0 Å². The van der Waals surface area contributed by atoms with Crippen LogP contribution in [0.5, 0.6) is 0 Å². The van der Waals surface area contributed by atoms with Crippen LogP contribution in [0.1, 0.15) is 15.9 Å². The predicted octanol–water partition coefficient (Wildman–Crippen LogP) is 6.94. The number of hydrogen-bond acceptors (Lipinski definition) is 3. The summed E-state index contributed by atoms with van der Waals surface area (Å²) >= 11 is 3.41. The van der Waals surface area contributed by atoms with Gasteiger partial charge in [-0.2, -0.15) is 5.10 Å². The molecule has 0 atom stereocenters. The third-order valence-electron chi connectivity index (χ3n) is 4.95. The van der Waals surface area contributed by atoms with Gasteiger partial charge in [-0.15, -0.1) is 0 Å². The predicted molar refractivity (Wildman–Crippen MR) is 126 cm³/mol. The Balaban J connectivity index is 1.58. The summed E-state index contributed by atoms with van der Waals surface area (Å²) in [6, 6.07) is 27.0. The van der Waals surface area contributed by atoms with Crippen LogP contribution in [0.15, 0.2) is 106 Å². The fourth-order valence-electron chi connectivity index (χ4n) is 3.42. The second-order valence-corrected chi connectivity index (χ2v) is 7.99. The van der Waals surface area contributed by atoms with Crippen molar-refractivity contribution < 1.29 is 9.21 Å². The first-order chi connectivity index (χ1) is 15.2. The number of furan rings is 1. The number of allylic oxidation sites excluding steroid dienone is 1. The van der Waals surface area contributed by atoms with E-state index in [9.17, 15) is 4.79 Å². The maximum absolute atomic E-state index is 12.7. The highest BCUT2D eigenvalue weighted by Gasteiger charge is 2.15. The molecular weight excluding hydrogens is 452 g/mol. The van der Waals surface area contributed by atoms with E-state index in [2.05, 4.69) is 15.9 Å². The number of para-hydroxylation sites is 2. The van der Waals surface area contributed by atoms with E-state index in [0.29, 0.717) is 17.0 Å². The number of carbonyl (C=O) groups is 1. The van der Waals surface area contributed by atoms with Gasteiger partial charge in [0.05, 0.1) is 5.69 Å². The Morgan fingerprint density at radius 2 is 1.74 bits per heavy atom. The first-order valence-electron chi connectivity index (χ1n) is 9.79. The molecule has 0 fully saturated rings. The number of halogens is 1. The molecule has 0 bridgehead atoms. The lowest BCUT2D eigenvalue weighted by Crippen LogP contribution is -1.93. The Bertz CT molecular complexity index is 1380. The monoisotopic (exact) mass is 468 g/mol. The van der Waals surface area contributed by atoms with Gasteiger partial charge in [-0.3, -0.25) is 4.79 Å². The first kappa shape index (κ1) is 19.3. The van der Waals surface area contributed by atoms with Crippen molar-refractivity contribution in [3.05, 3.63) is 113 Å². The maximum Gasteiger partial charge on any atom is 0.185 e. The molecule has 5 heteroatoms. The molecule has 5 rings (SSSR count). The fraction of sp³-hybridized carbons (Fsp3) is 0. The van der Waals surface area contributed by atoms with E-state index >= 15 is 0 Å². The van der Waals surface area contributed by atoms with E-state index in [0.717, 1.165) is 26.7 Å². The van der Waals surface area contributed by atoms with E-state index in [-0.39, 0.29) is 5.78 Å². The van der Waals surface area contributed by atoms with Crippen LogP contribution < -0.4 is 0 Å². The molecular formula is C26H17BrN2O2. The number of fused-ring (bicyclic) bond motifs is 1. The third-order valence-corrected chi connectivity index (χ3v) is 5.44. The molecule has 150 valence electrons. The number of nitrogens with zero attached hydrogens (tertiary/aromatic N) is 2. The Morgan fingerprint density at radius 3 is 2.55 bits per heavy atom. The van der Waals surface area contributed by atoms with Gasteiger partial charge < -0.3 is 4.42 Å². The van der Waals surface area contributed by atoms with E-state index in [1.54, 1.807) is 29.0 Å². The highest BCUT2D eigenvalue weighted by molar-refractivity contribution is 9.10. The number of ketones is 1. The topological polar surface area (TPSA) is 48.0 Å². The second kappa shape index (κ2) is 8.20. The van der Waals surface area contributed by atoms with Crippen molar-refractivity contribution in [1.82, 2.24) is 9.78 Å². The lowest BCUT2D eigenvalue weighted by Gasteiger charge is -1.98. The Hall–Kier alpha value is -3.70. The van der Waals surface area contributed by atoms with Gasteiger partial charge in [0.2, 0.25) is 0 Å². The van der Waals surface area contributed by atoms with Crippen molar-refractivity contribution >= 4 is 38.8 Å².